The third-order valence-electron chi connectivity index (χ3n) is 2.34. The van der Waals surface area contributed by atoms with Crippen molar-refractivity contribution in [1.29, 1.82) is 0 Å². The molecule has 0 atom stereocenters. The summed E-state index contributed by atoms with van der Waals surface area (Å²) in [5.74, 6) is 0.939. The molecule has 0 amide bonds. The van der Waals surface area contributed by atoms with Crippen LogP contribution in [0, 0.1) is 0 Å². The van der Waals surface area contributed by atoms with Gasteiger partial charge in [-0.1, -0.05) is 18.2 Å². The van der Waals surface area contributed by atoms with Crippen molar-refractivity contribution in [2.45, 2.75) is 6.42 Å². The van der Waals surface area contributed by atoms with Gasteiger partial charge in [0.05, 0.1) is 7.11 Å². The second kappa shape index (κ2) is 6.02. The van der Waals surface area contributed by atoms with Gasteiger partial charge in [0, 0.05) is 11.9 Å². The average molecular weight is 313 g/mol. The summed E-state index contributed by atoms with van der Waals surface area (Å²) in [5.41, 5.74) is 1.21. The van der Waals surface area contributed by atoms with Gasteiger partial charge in [0.1, 0.15) is 10.4 Å². The Kier molecular flexibility index (Phi) is 4.39. The van der Waals surface area contributed by atoms with Crippen molar-refractivity contribution in [2.24, 2.45) is 0 Å². The highest BCUT2D eigenvalue weighted by atomic mass is 79.9. The molecule has 1 aromatic carbocycles. The Morgan fingerprint density at radius 1 is 1.41 bits per heavy atom. The normalized spacial score (nSPS) is 10.2. The summed E-state index contributed by atoms with van der Waals surface area (Å²) in [7, 11) is 1.70. The van der Waals surface area contributed by atoms with Gasteiger partial charge in [0.15, 0.2) is 5.13 Å². The number of nitrogens with one attached hydrogen (secondary N) is 1. The maximum atomic E-state index is 5.30. The minimum absolute atomic E-state index is 0.848. The van der Waals surface area contributed by atoms with Crippen LogP contribution in [0.25, 0.3) is 0 Å². The number of thiazole rings is 1. The van der Waals surface area contributed by atoms with E-state index in [1.165, 1.54) is 5.56 Å². The highest BCUT2D eigenvalue weighted by Gasteiger charge is 2.02. The highest BCUT2D eigenvalue weighted by Crippen LogP contribution is 2.20. The number of aromatic nitrogens is 1. The molecule has 5 heteroatoms. The molecule has 2 rings (SSSR count). The molecule has 1 heterocycles. The van der Waals surface area contributed by atoms with Gasteiger partial charge in [-0.25, -0.2) is 4.98 Å². The van der Waals surface area contributed by atoms with E-state index in [4.69, 9.17) is 4.74 Å². The fourth-order valence-corrected chi connectivity index (χ4v) is 2.72. The van der Waals surface area contributed by atoms with Crippen LogP contribution in [0.3, 0.4) is 0 Å². The van der Waals surface area contributed by atoms with Crippen LogP contribution in [-0.4, -0.2) is 18.6 Å². The predicted octanol–water partition coefficient (Wildman–Crippen LogP) is 3.57. The van der Waals surface area contributed by atoms with E-state index in [9.17, 15) is 0 Å². The van der Waals surface area contributed by atoms with E-state index >= 15 is 0 Å². The zero-order chi connectivity index (χ0) is 12.1. The first-order valence-electron chi connectivity index (χ1n) is 5.26. The van der Waals surface area contributed by atoms with Crippen molar-refractivity contribution in [2.75, 3.05) is 19.0 Å². The first-order chi connectivity index (χ1) is 8.29. The number of hydrogen-bond donors (Lipinski definition) is 1. The van der Waals surface area contributed by atoms with Crippen LogP contribution in [0.5, 0.6) is 5.75 Å². The van der Waals surface area contributed by atoms with E-state index < -0.39 is 0 Å². The number of rotatable bonds is 5. The molecular weight excluding hydrogens is 300 g/mol. The molecule has 0 spiro atoms. The third-order valence-corrected chi connectivity index (χ3v) is 3.85. The van der Waals surface area contributed by atoms with Crippen molar-refractivity contribution in [3.05, 3.63) is 39.8 Å². The molecule has 90 valence electrons. The van der Waals surface area contributed by atoms with Gasteiger partial charge in [-0.15, -0.1) is 11.3 Å². The second-order valence-electron chi connectivity index (χ2n) is 3.46. The fraction of sp³-hybridized carbons (Fsp3) is 0.250. The smallest absolute Gasteiger partial charge is 0.183 e. The quantitative estimate of drug-likeness (QED) is 0.916. The molecule has 0 unspecified atom stereocenters. The monoisotopic (exact) mass is 312 g/mol. The van der Waals surface area contributed by atoms with Crippen LogP contribution < -0.4 is 10.1 Å². The Morgan fingerprint density at radius 2 is 2.24 bits per heavy atom. The minimum Gasteiger partial charge on any atom is -0.496 e. The van der Waals surface area contributed by atoms with Gasteiger partial charge in [-0.05, 0) is 34.0 Å². The second-order valence-corrected chi connectivity index (χ2v) is 5.13. The molecule has 0 saturated carbocycles. The summed E-state index contributed by atoms with van der Waals surface area (Å²) in [6.45, 7) is 0.848. The van der Waals surface area contributed by atoms with Crippen LogP contribution in [0.15, 0.2) is 34.2 Å². The van der Waals surface area contributed by atoms with Crippen molar-refractivity contribution < 1.29 is 4.74 Å². The minimum atomic E-state index is 0.848. The summed E-state index contributed by atoms with van der Waals surface area (Å²) < 4.78 is 6.18. The van der Waals surface area contributed by atoms with Crippen LogP contribution in [0.4, 0.5) is 5.13 Å². The van der Waals surface area contributed by atoms with Crippen LogP contribution >= 0.6 is 27.3 Å². The lowest BCUT2D eigenvalue weighted by molar-refractivity contribution is 0.410. The molecule has 0 radical (unpaired) electrons. The van der Waals surface area contributed by atoms with Crippen LogP contribution in [0.2, 0.25) is 0 Å². The summed E-state index contributed by atoms with van der Waals surface area (Å²) >= 11 is 4.93. The molecule has 0 aliphatic heterocycles. The van der Waals surface area contributed by atoms with E-state index in [0.717, 1.165) is 28.4 Å². The Labute approximate surface area is 113 Å². The SMILES string of the molecule is COc1ccccc1CCNc1nc(Br)cs1. The Hall–Kier alpha value is -1.07. The van der Waals surface area contributed by atoms with Gasteiger partial charge in [0.2, 0.25) is 0 Å². The maximum Gasteiger partial charge on any atom is 0.183 e. The summed E-state index contributed by atoms with van der Waals surface area (Å²) in [4.78, 5) is 4.28. The molecule has 1 aromatic heterocycles. The van der Waals surface area contributed by atoms with Gasteiger partial charge in [-0.2, -0.15) is 0 Å². The van der Waals surface area contributed by atoms with Crippen LogP contribution in [-0.2, 0) is 6.42 Å². The molecule has 0 saturated heterocycles. The molecule has 1 N–H and O–H groups in total. The number of anilines is 1. The molecule has 2 aromatic rings. The Balaban J connectivity index is 1.89. The van der Waals surface area contributed by atoms with Crippen molar-refractivity contribution >= 4 is 32.4 Å². The number of ether oxygens (including phenoxy) is 1. The number of methoxy groups -OCH3 is 1. The van der Waals surface area contributed by atoms with Crippen molar-refractivity contribution in [3.63, 3.8) is 0 Å². The zero-order valence-corrected chi connectivity index (χ0v) is 11.8. The average Bonchev–Trinajstić information content (AvgIpc) is 2.76. The third kappa shape index (κ3) is 3.44. The summed E-state index contributed by atoms with van der Waals surface area (Å²) in [6.07, 6.45) is 0.918. The first-order valence-corrected chi connectivity index (χ1v) is 6.93. The first kappa shape index (κ1) is 12.4. The van der Waals surface area contributed by atoms with Crippen molar-refractivity contribution in [1.82, 2.24) is 4.98 Å². The summed E-state index contributed by atoms with van der Waals surface area (Å²) in [6, 6.07) is 8.07. The molecule has 3 nitrogen and oxygen atoms in total. The van der Waals surface area contributed by atoms with E-state index in [-0.39, 0.29) is 0 Å². The largest absolute Gasteiger partial charge is 0.496 e. The summed E-state index contributed by atoms with van der Waals surface area (Å²) in [5, 5.41) is 6.19. The maximum absolute atomic E-state index is 5.30. The zero-order valence-electron chi connectivity index (χ0n) is 9.44. The number of benzene rings is 1. The molecule has 0 fully saturated rings. The van der Waals surface area contributed by atoms with Gasteiger partial charge >= 0.3 is 0 Å². The van der Waals surface area contributed by atoms with E-state index in [1.54, 1.807) is 18.4 Å². The van der Waals surface area contributed by atoms with E-state index in [0.29, 0.717) is 0 Å². The Morgan fingerprint density at radius 3 is 2.94 bits per heavy atom. The van der Waals surface area contributed by atoms with Gasteiger partial charge in [0.25, 0.3) is 0 Å². The highest BCUT2D eigenvalue weighted by molar-refractivity contribution is 9.10. The molecule has 0 aliphatic rings. The predicted molar refractivity (Wildman–Crippen MR) is 75.0 cm³/mol. The lowest BCUT2D eigenvalue weighted by atomic mass is 10.1. The number of nitrogens with zero attached hydrogens (tertiary/aromatic N) is 1. The van der Waals surface area contributed by atoms with Gasteiger partial charge in [-0.3, -0.25) is 0 Å². The lowest BCUT2D eigenvalue weighted by Crippen LogP contribution is -2.05. The van der Waals surface area contributed by atoms with E-state index in [1.807, 2.05) is 23.6 Å². The number of para-hydroxylation sites is 1. The molecule has 0 aliphatic carbocycles. The van der Waals surface area contributed by atoms with Gasteiger partial charge < -0.3 is 10.1 Å². The molecule has 17 heavy (non-hydrogen) atoms. The van der Waals surface area contributed by atoms with Crippen molar-refractivity contribution in [3.8, 4) is 5.75 Å². The molecular formula is C12H13BrN2OS. The number of halogens is 1. The van der Waals surface area contributed by atoms with E-state index in [2.05, 4.69) is 32.3 Å². The lowest BCUT2D eigenvalue weighted by Gasteiger charge is -2.08. The number of hydrogen-bond acceptors (Lipinski definition) is 4. The standard InChI is InChI=1S/C12H13BrN2OS/c1-16-10-5-3-2-4-9(10)6-7-14-12-15-11(13)8-17-12/h2-5,8H,6-7H2,1H3,(H,14,15). The Bertz CT molecular complexity index is 487. The van der Waals surface area contributed by atoms with Crippen LogP contribution in [0.1, 0.15) is 5.56 Å². The topological polar surface area (TPSA) is 34.1 Å². The molecule has 0 bridgehead atoms. The fourth-order valence-electron chi connectivity index (χ4n) is 1.55.